The van der Waals surface area contributed by atoms with Crippen molar-refractivity contribution in [3.05, 3.63) is 60.2 Å². The minimum absolute atomic E-state index is 0.204. The van der Waals surface area contributed by atoms with Crippen LogP contribution in [0, 0.1) is 5.82 Å². The van der Waals surface area contributed by atoms with Gasteiger partial charge in [-0.2, -0.15) is 0 Å². The number of hydrogen-bond acceptors (Lipinski definition) is 3. The quantitative estimate of drug-likeness (QED) is 0.911. The maximum Gasteiger partial charge on any atom is 0.259 e. The Labute approximate surface area is 110 Å². The summed E-state index contributed by atoms with van der Waals surface area (Å²) in [7, 11) is 0. The molecule has 19 heavy (non-hydrogen) atoms. The highest BCUT2D eigenvalue weighted by molar-refractivity contribution is 6.05. The molecule has 0 atom stereocenters. The average Bonchev–Trinajstić information content (AvgIpc) is 2.46. The second kappa shape index (κ2) is 6.06. The monoisotopic (exact) mass is 259 g/mol. The zero-order chi connectivity index (χ0) is 13.7. The van der Waals surface area contributed by atoms with Gasteiger partial charge in [-0.25, -0.2) is 4.39 Å². The van der Waals surface area contributed by atoms with Crippen molar-refractivity contribution in [3.63, 3.8) is 0 Å². The summed E-state index contributed by atoms with van der Waals surface area (Å²) in [6.07, 6.45) is 3.09. The largest absolute Gasteiger partial charge is 0.329 e. The zero-order valence-corrected chi connectivity index (χ0v) is 10.3. The minimum atomic E-state index is -0.342. The van der Waals surface area contributed by atoms with Gasteiger partial charge in [0, 0.05) is 31.2 Å². The van der Waals surface area contributed by atoms with E-state index in [1.807, 2.05) is 0 Å². The number of benzene rings is 1. The molecule has 1 aromatic carbocycles. The van der Waals surface area contributed by atoms with Gasteiger partial charge in [0.05, 0.1) is 5.56 Å². The molecule has 98 valence electrons. The van der Waals surface area contributed by atoms with Crippen LogP contribution in [0.1, 0.15) is 10.4 Å². The van der Waals surface area contributed by atoms with Crippen LogP contribution in [0.3, 0.4) is 0 Å². The van der Waals surface area contributed by atoms with Crippen molar-refractivity contribution in [1.29, 1.82) is 0 Å². The molecule has 0 saturated carbocycles. The topological polar surface area (TPSA) is 59.2 Å². The third kappa shape index (κ3) is 3.14. The lowest BCUT2D eigenvalue weighted by molar-refractivity contribution is 0.0987. The summed E-state index contributed by atoms with van der Waals surface area (Å²) in [6, 6.07) is 9.12. The Morgan fingerprint density at radius 1 is 1.26 bits per heavy atom. The van der Waals surface area contributed by atoms with Gasteiger partial charge in [0.1, 0.15) is 5.82 Å². The number of nitrogens with zero attached hydrogens (tertiary/aromatic N) is 2. The van der Waals surface area contributed by atoms with E-state index in [9.17, 15) is 9.18 Å². The van der Waals surface area contributed by atoms with Gasteiger partial charge < -0.3 is 10.6 Å². The minimum Gasteiger partial charge on any atom is -0.329 e. The Hall–Kier alpha value is -2.27. The fourth-order valence-electron chi connectivity index (χ4n) is 1.74. The Kier molecular flexibility index (Phi) is 4.20. The van der Waals surface area contributed by atoms with Gasteiger partial charge in [-0.05, 0) is 36.4 Å². The fraction of sp³-hybridized carbons (Fsp3) is 0.143. The third-order valence-corrected chi connectivity index (χ3v) is 2.64. The molecule has 2 N–H and O–H groups in total. The van der Waals surface area contributed by atoms with Crippen LogP contribution in [0.2, 0.25) is 0 Å². The zero-order valence-electron chi connectivity index (χ0n) is 10.3. The van der Waals surface area contributed by atoms with E-state index in [1.165, 1.54) is 23.2 Å². The lowest BCUT2D eigenvalue weighted by Gasteiger charge is -2.22. The van der Waals surface area contributed by atoms with Crippen LogP contribution >= 0.6 is 0 Å². The van der Waals surface area contributed by atoms with Gasteiger partial charge in [-0.15, -0.1) is 0 Å². The van der Waals surface area contributed by atoms with Gasteiger partial charge in [-0.3, -0.25) is 9.78 Å². The number of amides is 1. The summed E-state index contributed by atoms with van der Waals surface area (Å²) in [5, 5.41) is 0. The summed E-state index contributed by atoms with van der Waals surface area (Å²) in [4.78, 5) is 17.8. The van der Waals surface area contributed by atoms with Gasteiger partial charge in [0.25, 0.3) is 5.91 Å². The number of nitrogens with two attached hydrogens (primary N) is 1. The molecule has 0 radical (unpaired) electrons. The molecule has 0 aliphatic heterocycles. The summed E-state index contributed by atoms with van der Waals surface area (Å²) >= 11 is 0. The molecule has 0 unspecified atom stereocenters. The van der Waals surface area contributed by atoms with Crippen molar-refractivity contribution in [2.24, 2.45) is 5.73 Å². The predicted molar refractivity (Wildman–Crippen MR) is 71.4 cm³/mol. The van der Waals surface area contributed by atoms with E-state index in [4.69, 9.17) is 5.73 Å². The lowest BCUT2D eigenvalue weighted by atomic mass is 10.2. The van der Waals surface area contributed by atoms with Gasteiger partial charge >= 0.3 is 0 Å². The molecule has 5 heteroatoms. The fourth-order valence-corrected chi connectivity index (χ4v) is 1.74. The molecule has 0 aliphatic carbocycles. The van der Waals surface area contributed by atoms with E-state index in [1.54, 1.807) is 30.5 Å². The molecule has 1 heterocycles. The standard InChI is InChI=1S/C14H14FN3O/c15-12-3-5-13(6-4-12)18(9-7-16)14(19)11-2-1-8-17-10-11/h1-6,8,10H,7,9,16H2. The first-order chi connectivity index (χ1) is 9.22. The van der Waals surface area contributed by atoms with Crippen LogP contribution in [-0.2, 0) is 0 Å². The third-order valence-electron chi connectivity index (χ3n) is 2.64. The molecule has 0 bridgehead atoms. The van der Waals surface area contributed by atoms with Crippen LogP contribution in [0.5, 0.6) is 0 Å². The summed E-state index contributed by atoms with van der Waals surface area (Å²) in [6.45, 7) is 0.683. The van der Waals surface area contributed by atoms with E-state index in [2.05, 4.69) is 4.98 Å². The maximum atomic E-state index is 12.9. The molecule has 4 nitrogen and oxygen atoms in total. The molecule has 2 rings (SSSR count). The van der Waals surface area contributed by atoms with Crippen LogP contribution in [0.4, 0.5) is 10.1 Å². The van der Waals surface area contributed by atoms with Crippen LogP contribution in [0.15, 0.2) is 48.8 Å². The van der Waals surface area contributed by atoms with E-state index < -0.39 is 0 Å². The van der Waals surface area contributed by atoms with E-state index in [0.717, 1.165) is 0 Å². The normalized spacial score (nSPS) is 10.2. The number of aromatic nitrogens is 1. The van der Waals surface area contributed by atoms with Crippen molar-refractivity contribution in [1.82, 2.24) is 4.98 Å². The smallest absolute Gasteiger partial charge is 0.259 e. The van der Waals surface area contributed by atoms with Gasteiger partial charge in [-0.1, -0.05) is 0 Å². The van der Waals surface area contributed by atoms with Crippen molar-refractivity contribution in [2.45, 2.75) is 0 Å². The van der Waals surface area contributed by atoms with E-state index in [-0.39, 0.29) is 11.7 Å². The van der Waals surface area contributed by atoms with Crippen LogP contribution in [-0.4, -0.2) is 24.0 Å². The Morgan fingerprint density at radius 3 is 2.58 bits per heavy atom. The number of anilines is 1. The van der Waals surface area contributed by atoms with Gasteiger partial charge in [0.2, 0.25) is 0 Å². The molecule has 2 aromatic rings. The van der Waals surface area contributed by atoms with Crippen LogP contribution < -0.4 is 10.6 Å². The molecule has 0 aliphatic rings. The van der Waals surface area contributed by atoms with E-state index >= 15 is 0 Å². The number of halogens is 1. The van der Waals surface area contributed by atoms with Crippen molar-refractivity contribution in [3.8, 4) is 0 Å². The number of hydrogen-bond donors (Lipinski definition) is 1. The molecular formula is C14H14FN3O. The average molecular weight is 259 g/mol. The first kappa shape index (κ1) is 13.2. The highest BCUT2D eigenvalue weighted by Gasteiger charge is 2.16. The molecule has 0 saturated heterocycles. The maximum absolute atomic E-state index is 12.9. The van der Waals surface area contributed by atoms with Crippen molar-refractivity contribution in [2.75, 3.05) is 18.0 Å². The highest BCUT2D eigenvalue weighted by Crippen LogP contribution is 2.17. The number of carbonyl (C=O) groups is 1. The molecule has 1 amide bonds. The lowest BCUT2D eigenvalue weighted by Crippen LogP contribution is -2.35. The van der Waals surface area contributed by atoms with Crippen molar-refractivity contribution < 1.29 is 9.18 Å². The Morgan fingerprint density at radius 2 is 2.00 bits per heavy atom. The predicted octanol–water partition coefficient (Wildman–Crippen LogP) is 1.83. The second-order valence-electron chi connectivity index (χ2n) is 3.96. The molecule has 0 spiro atoms. The SMILES string of the molecule is NCCN(C(=O)c1cccnc1)c1ccc(F)cc1. The first-order valence-electron chi connectivity index (χ1n) is 5.90. The molecule has 1 aromatic heterocycles. The molecular weight excluding hydrogens is 245 g/mol. The summed E-state index contributed by atoms with van der Waals surface area (Å²) < 4.78 is 12.9. The molecule has 0 fully saturated rings. The Balaban J connectivity index is 2.30. The van der Waals surface area contributed by atoms with E-state index in [0.29, 0.717) is 24.3 Å². The number of pyridine rings is 1. The second-order valence-corrected chi connectivity index (χ2v) is 3.96. The summed E-state index contributed by atoms with van der Waals surface area (Å²) in [5.41, 5.74) is 6.61. The van der Waals surface area contributed by atoms with Gasteiger partial charge in [0.15, 0.2) is 0 Å². The number of rotatable bonds is 4. The van der Waals surface area contributed by atoms with Crippen molar-refractivity contribution >= 4 is 11.6 Å². The highest BCUT2D eigenvalue weighted by atomic mass is 19.1. The Bertz CT molecular complexity index is 542. The van der Waals surface area contributed by atoms with Crippen LogP contribution in [0.25, 0.3) is 0 Å². The number of carbonyl (C=O) groups excluding carboxylic acids is 1. The summed E-state index contributed by atoms with van der Waals surface area (Å²) in [5.74, 6) is -0.546. The first-order valence-corrected chi connectivity index (χ1v) is 5.90.